The Morgan fingerprint density at radius 3 is 2.04 bits per heavy atom. The lowest BCUT2D eigenvalue weighted by Crippen LogP contribution is -2.38. The summed E-state index contributed by atoms with van der Waals surface area (Å²) in [6.45, 7) is 2.96. The van der Waals surface area contributed by atoms with Gasteiger partial charge < -0.3 is 30.3 Å². The van der Waals surface area contributed by atoms with Crippen LogP contribution in [0.5, 0.6) is 0 Å². The first-order valence-corrected chi connectivity index (χ1v) is 17.6. The summed E-state index contributed by atoms with van der Waals surface area (Å²) in [5, 5.41) is 24.7. The van der Waals surface area contributed by atoms with Crippen molar-refractivity contribution in [3.05, 3.63) is 161 Å². The molecule has 0 saturated carbocycles. The van der Waals surface area contributed by atoms with E-state index >= 15 is 0 Å². The number of ether oxygens (including phenoxy) is 2. The Morgan fingerprint density at radius 1 is 0.700 bits per heavy atom. The Hall–Kier alpha value is -4.93. The predicted molar refractivity (Wildman–Crippen MR) is 194 cm³/mol. The second-order valence-corrected chi connectivity index (χ2v) is 13.4. The summed E-state index contributed by atoms with van der Waals surface area (Å²) in [5.41, 5.74) is 7.09. The number of nitrogens with one attached hydrogen (secondary N) is 2. The fourth-order valence-corrected chi connectivity index (χ4v) is 6.97. The van der Waals surface area contributed by atoms with Crippen molar-refractivity contribution in [2.75, 3.05) is 5.75 Å². The summed E-state index contributed by atoms with van der Waals surface area (Å²) >= 11 is 1.62. The Labute approximate surface area is 296 Å². The number of hydrogen-bond acceptors (Lipinski definition) is 6. The minimum atomic E-state index is -0.948. The zero-order valence-electron chi connectivity index (χ0n) is 27.7. The average molecular weight is 689 g/mol. The molecule has 0 aromatic heterocycles. The number of aliphatic hydroxyl groups excluding tert-OH is 1. The number of carbonyl (C=O) groups is 2. The molecule has 0 spiro atoms. The third-order valence-corrected chi connectivity index (χ3v) is 9.93. The molecular weight excluding hydrogens is 649 g/mol. The largest absolute Gasteiger partial charge is 0.478 e. The number of rotatable bonds is 12. The van der Waals surface area contributed by atoms with Gasteiger partial charge in [0.1, 0.15) is 0 Å². The van der Waals surface area contributed by atoms with Crippen LogP contribution < -0.4 is 10.6 Å². The zero-order valence-corrected chi connectivity index (χ0v) is 28.5. The maximum atomic E-state index is 12.4. The van der Waals surface area contributed by atoms with Crippen LogP contribution in [0.2, 0.25) is 0 Å². The molecule has 5 aromatic rings. The van der Waals surface area contributed by atoms with Gasteiger partial charge in [-0.1, -0.05) is 104 Å². The van der Waals surface area contributed by atoms with Gasteiger partial charge in [-0.15, -0.1) is 11.8 Å². The van der Waals surface area contributed by atoms with Crippen molar-refractivity contribution in [3.63, 3.8) is 0 Å². The SMILES string of the molecule is C[C@@H]1[C@H](CSc2ccc(C(=O)O)cc2)O[C@H](c2ccc(-c3cccc(CNC(=O)NCc4ccccc4)c3)cc2)O[C@@H]1c1ccc(CO)cc1. The van der Waals surface area contributed by atoms with E-state index in [0.717, 1.165) is 43.8 Å². The summed E-state index contributed by atoms with van der Waals surface area (Å²) in [7, 11) is 0. The first-order chi connectivity index (χ1) is 24.4. The van der Waals surface area contributed by atoms with Crippen LogP contribution in [0.25, 0.3) is 11.1 Å². The minimum absolute atomic E-state index is 0.0214. The first-order valence-electron chi connectivity index (χ1n) is 16.6. The van der Waals surface area contributed by atoms with Gasteiger partial charge in [-0.25, -0.2) is 9.59 Å². The molecule has 0 radical (unpaired) electrons. The van der Waals surface area contributed by atoms with Crippen molar-refractivity contribution in [2.24, 2.45) is 5.92 Å². The molecule has 1 heterocycles. The number of urea groups is 1. The van der Waals surface area contributed by atoms with E-state index < -0.39 is 12.3 Å². The first kappa shape index (κ1) is 34.9. The summed E-state index contributed by atoms with van der Waals surface area (Å²) in [5.74, 6) is -0.272. The lowest BCUT2D eigenvalue weighted by Gasteiger charge is -2.41. The number of thioether (sulfide) groups is 1. The molecule has 4 N–H and O–H groups in total. The molecule has 9 heteroatoms. The molecule has 256 valence electrons. The predicted octanol–water partition coefficient (Wildman–Crippen LogP) is 8.13. The normalized spacial score (nSPS) is 18.7. The fourth-order valence-electron chi connectivity index (χ4n) is 5.90. The maximum absolute atomic E-state index is 12.4. The van der Waals surface area contributed by atoms with Gasteiger partial charge in [0.05, 0.1) is 24.4 Å². The molecule has 0 bridgehead atoms. The Kier molecular flexibility index (Phi) is 11.6. The molecule has 8 nitrogen and oxygen atoms in total. The van der Waals surface area contributed by atoms with Gasteiger partial charge in [0.15, 0.2) is 6.29 Å². The molecule has 0 aliphatic carbocycles. The van der Waals surface area contributed by atoms with Crippen molar-refractivity contribution in [3.8, 4) is 11.1 Å². The Morgan fingerprint density at radius 2 is 1.36 bits per heavy atom. The Bertz CT molecular complexity index is 1870. The molecule has 1 fully saturated rings. The second-order valence-electron chi connectivity index (χ2n) is 12.3. The molecule has 6 rings (SSSR count). The van der Waals surface area contributed by atoms with Crippen molar-refractivity contribution < 1.29 is 29.3 Å². The highest BCUT2D eigenvalue weighted by atomic mass is 32.2. The summed E-state index contributed by atoms with van der Waals surface area (Å²) in [6.07, 6.45) is -1.00. The number of carboxylic acid groups (broad SMARTS) is 1. The zero-order chi connectivity index (χ0) is 34.9. The molecule has 0 unspecified atom stereocenters. The molecule has 1 aliphatic rings. The van der Waals surface area contributed by atoms with E-state index in [2.05, 4.69) is 35.8 Å². The highest BCUT2D eigenvalue weighted by molar-refractivity contribution is 7.99. The topological polar surface area (TPSA) is 117 Å². The molecular formula is C41H40N2O6S. The summed E-state index contributed by atoms with van der Waals surface area (Å²) in [4.78, 5) is 24.6. The van der Waals surface area contributed by atoms with Crippen LogP contribution in [0, 0.1) is 5.92 Å². The van der Waals surface area contributed by atoms with Gasteiger partial charge in [0.25, 0.3) is 0 Å². The van der Waals surface area contributed by atoms with Crippen LogP contribution in [0.15, 0.2) is 132 Å². The number of carbonyl (C=O) groups excluding carboxylic acids is 1. The number of aromatic carboxylic acids is 1. The quantitative estimate of drug-likeness (QED) is 0.0979. The number of hydrogen-bond donors (Lipinski definition) is 4. The van der Waals surface area contributed by atoms with E-state index in [4.69, 9.17) is 9.47 Å². The van der Waals surface area contributed by atoms with Crippen molar-refractivity contribution in [1.29, 1.82) is 0 Å². The fraction of sp³-hybridized carbons (Fsp3) is 0.220. The highest BCUT2D eigenvalue weighted by Gasteiger charge is 2.38. The Balaban J connectivity index is 1.13. The number of aliphatic hydroxyl groups is 1. The van der Waals surface area contributed by atoms with Gasteiger partial charge in [-0.3, -0.25) is 0 Å². The van der Waals surface area contributed by atoms with Crippen molar-refractivity contribution in [2.45, 2.75) is 50.0 Å². The van der Waals surface area contributed by atoms with Crippen molar-refractivity contribution >= 4 is 23.8 Å². The summed E-state index contributed by atoms with van der Waals surface area (Å²) in [6, 6.07) is 40.5. The molecule has 1 saturated heterocycles. The standard InChI is InChI=1S/C41H40N2O6S/c1-27-37(26-50-36-20-18-33(19-21-36)39(45)46)48-40(49-38(27)32-12-10-29(25-44)11-13-32)34-16-14-31(15-17-34)35-9-5-8-30(22-35)24-43-41(47)42-23-28-6-3-2-4-7-28/h2-22,27,37-38,40,44H,23-26H2,1H3,(H,45,46)(H2,42,43,47)/t27-,37+,38+,40+/m1/s1. The van der Waals surface area contributed by atoms with E-state index in [-0.39, 0.29) is 36.3 Å². The lowest BCUT2D eigenvalue weighted by molar-refractivity contribution is -0.268. The minimum Gasteiger partial charge on any atom is -0.478 e. The van der Waals surface area contributed by atoms with Crippen LogP contribution in [-0.4, -0.2) is 34.1 Å². The number of benzene rings is 5. The number of carboxylic acids is 1. The van der Waals surface area contributed by atoms with Crippen LogP contribution >= 0.6 is 11.8 Å². The smallest absolute Gasteiger partial charge is 0.335 e. The lowest BCUT2D eigenvalue weighted by atomic mass is 9.91. The molecule has 5 aromatic carbocycles. The van der Waals surface area contributed by atoms with Crippen LogP contribution in [0.3, 0.4) is 0 Å². The molecule has 2 amide bonds. The molecule has 1 aliphatic heterocycles. The van der Waals surface area contributed by atoms with Gasteiger partial charge in [-0.2, -0.15) is 0 Å². The van der Waals surface area contributed by atoms with Gasteiger partial charge >= 0.3 is 12.0 Å². The van der Waals surface area contributed by atoms with Crippen LogP contribution in [-0.2, 0) is 29.2 Å². The van der Waals surface area contributed by atoms with E-state index in [1.54, 1.807) is 23.9 Å². The monoisotopic (exact) mass is 688 g/mol. The van der Waals surface area contributed by atoms with Gasteiger partial charge in [0, 0.05) is 35.2 Å². The average Bonchev–Trinajstić information content (AvgIpc) is 3.16. The van der Waals surface area contributed by atoms with E-state index in [0.29, 0.717) is 18.8 Å². The van der Waals surface area contributed by atoms with E-state index in [1.165, 1.54) is 0 Å². The van der Waals surface area contributed by atoms with E-state index in [9.17, 15) is 19.8 Å². The van der Waals surface area contributed by atoms with Crippen molar-refractivity contribution in [1.82, 2.24) is 10.6 Å². The number of amides is 2. The highest BCUT2D eigenvalue weighted by Crippen LogP contribution is 2.43. The second kappa shape index (κ2) is 16.7. The third-order valence-electron chi connectivity index (χ3n) is 8.83. The third kappa shape index (κ3) is 8.99. The van der Waals surface area contributed by atoms with E-state index in [1.807, 2.05) is 97.1 Å². The van der Waals surface area contributed by atoms with Crippen LogP contribution in [0.1, 0.15) is 57.5 Å². The van der Waals surface area contributed by atoms with Crippen LogP contribution in [0.4, 0.5) is 4.79 Å². The molecule has 50 heavy (non-hydrogen) atoms. The maximum Gasteiger partial charge on any atom is 0.335 e. The molecule has 4 atom stereocenters. The summed E-state index contributed by atoms with van der Waals surface area (Å²) < 4.78 is 13.2. The van der Waals surface area contributed by atoms with Gasteiger partial charge in [-0.05, 0) is 63.7 Å². The van der Waals surface area contributed by atoms with Gasteiger partial charge in [0.2, 0.25) is 0 Å².